The van der Waals surface area contributed by atoms with E-state index in [-0.39, 0.29) is 69.8 Å². The van der Waals surface area contributed by atoms with Gasteiger partial charge in [0.1, 0.15) is 0 Å². The number of carbonyl (C=O) groups excluding carboxylic acids is 3. The second kappa shape index (κ2) is 19.0. The van der Waals surface area contributed by atoms with Crippen molar-refractivity contribution in [1.82, 2.24) is 29.1 Å². The third-order valence-corrected chi connectivity index (χ3v) is 5.20. The molecule has 0 aliphatic rings. The number of esters is 3. The molecular formula is C21H34BClN6NiO13. The Morgan fingerprint density at radius 3 is 1.05 bits per heavy atom. The van der Waals surface area contributed by atoms with Crippen LogP contribution in [0.4, 0.5) is 0 Å². The molecule has 0 radical (unpaired) electrons. The Labute approximate surface area is 258 Å². The van der Waals surface area contributed by atoms with Gasteiger partial charge in [-0.25, -0.2) is 48.3 Å². The summed E-state index contributed by atoms with van der Waals surface area (Å²) in [6.07, 6.45) is 0. The van der Waals surface area contributed by atoms with Gasteiger partial charge in [0, 0.05) is 0 Å². The Morgan fingerprint density at radius 1 is 0.651 bits per heavy atom. The molecule has 3 aromatic heterocycles. The van der Waals surface area contributed by atoms with Gasteiger partial charge < -0.3 is 44.4 Å². The molecule has 0 atom stereocenters. The van der Waals surface area contributed by atoms with Crippen LogP contribution >= 0.6 is 0 Å². The van der Waals surface area contributed by atoms with E-state index in [1.165, 1.54) is 0 Å². The SMILES string of the molecule is CCOC(=O)c1cc(C)n([BH-](n2nc(C(=O)OCC)cc2C)n2nc(C(=O)OCC)cc2C)n1.O.O.O.[Ni+2].[O-][Cl+3]([O-])([O-])[O-]. The zero-order chi connectivity index (χ0) is 29.5. The van der Waals surface area contributed by atoms with Gasteiger partial charge in [-0.05, 0) is 76.8 Å². The number of nitrogens with zero attached hydrogens (tertiary/aromatic N) is 6. The summed E-state index contributed by atoms with van der Waals surface area (Å²) in [6.45, 7) is 11.1. The number of ether oxygens (including phenoxy) is 3. The molecule has 0 amide bonds. The first kappa shape index (κ1) is 44.1. The van der Waals surface area contributed by atoms with Crippen LogP contribution in [0.15, 0.2) is 18.2 Å². The number of aryl methyl sites for hydroxylation is 3. The zero-order valence-corrected chi connectivity index (χ0v) is 25.8. The fourth-order valence-corrected chi connectivity index (χ4v) is 3.68. The molecule has 22 heteroatoms. The molecule has 0 bridgehead atoms. The van der Waals surface area contributed by atoms with Crippen LogP contribution in [0.3, 0.4) is 0 Å². The number of carbonyl (C=O) groups is 3. The molecule has 3 aromatic rings. The Kier molecular flexibility index (Phi) is 19.5. The molecule has 246 valence electrons. The minimum atomic E-state index is -4.94. The fourth-order valence-electron chi connectivity index (χ4n) is 3.68. The number of aromatic nitrogens is 6. The van der Waals surface area contributed by atoms with E-state index in [1.54, 1.807) is 73.5 Å². The van der Waals surface area contributed by atoms with Crippen LogP contribution in [0.25, 0.3) is 0 Å². The van der Waals surface area contributed by atoms with Gasteiger partial charge >= 0.3 is 41.5 Å². The van der Waals surface area contributed by atoms with Gasteiger partial charge in [0.05, 0.1) is 19.8 Å². The van der Waals surface area contributed by atoms with Gasteiger partial charge in [0.2, 0.25) is 0 Å². The van der Waals surface area contributed by atoms with Crippen LogP contribution in [0, 0.1) is 31.0 Å². The normalized spacial score (nSPS) is 10.1. The van der Waals surface area contributed by atoms with Gasteiger partial charge in [0.25, 0.3) is 0 Å². The average Bonchev–Trinajstić information content (AvgIpc) is 3.52. The molecule has 0 saturated carbocycles. The van der Waals surface area contributed by atoms with Crippen molar-refractivity contribution in [3.05, 3.63) is 52.4 Å². The molecule has 0 unspecified atom stereocenters. The van der Waals surface area contributed by atoms with Crippen LogP contribution < -0.4 is 18.6 Å². The molecule has 0 aliphatic heterocycles. The molecule has 3 heterocycles. The molecule has 6 N–H and O–H groups in total. The third-order valence-electron chi connectivity index (χ3n) is 5.20. The summed E-state index contributed by atoms with van der Waals surface area (Å²) in [5.41, 5.74) is 2.31. The molecule has 0 saturated heterocycles. The van der Waals surface area contributed by atoms with Crippen molar-refractivity contribution in [2.45, 2.75) is 41.5 Å². The van der Waals surface area contributed by atoms with Crippen LogP contribution in [0.2, 0.25) is 0 Å². The second-order valence-corrected chi connectivity index (χ2v) is 8.73. The average molecular weight is 683 g/mol. The minimum absolute atomic E-state index is 0. The summed E-state index contributed by atoms with van der Waals surface area (Å²) in [5, 5.41) is 13.4. The summed E-state index contributed by atoms with van der Waals surface area (Å²) in [7, 11) is -6.95. The molecule has 3 rings (SSSR count). The summed E-state index contributed by atoms with van der Waals surface area (Å²) in [5.74, 6) is -1.68. The van der Waals surface area contributed by atoms with Gasteiger partial charge in [0.15, 0.2) is 17.1 Å². The third kappa shape index (κ3) is 12.0. The smallest absolute Gasteiger partial charge is 0.461 e. The summed E-state index contributed by atoms with van der Waals surface area (Å²) >= 11 is 0. The van der Waals surface area contributed by atoms with Gasteiger partial charge in [-0.2, -0.15) is 0 Å². The van der Waals surface area contributed by atoms with Crippen LogP contribution in [0.5, 0.6) is 0 Å². The van der Waals surface area contributed by atoms with Gasteiger partial charge in [-0.1, -0.05) is 0 Å². The summed E-state index contributed by atoms with van der Waals surface area (Å²) in [4.78, 5) is 36.9. The first-order chi connectivity index (χ1) is 18.2. The molecule has 0 spiro atoms. The predicted octanol–water partition coefficient (Wildman–Crippen LogP) is -5.84. The number of hydrogen-bond donors (Lipinski definition) is 0. The summed E-state index contributed by atoms with van der Waals surface area (Å²) < 4.78 is 54.1. The van der Waals surface area contributed by atoms with Crippen LogP contribution in [-0.2, 0) is 30.7 Å². The Balaban J connectivity index is -0.00000164. The van der Waals surface area contributed by atoms with Crippen molar-refractivity contribution in [1.29, 1.82) is 0 Å². The first-order valence-corrected chi connectivity index (χ1v) is 12.9. The van der Waals surface area contributed by atoms with Crippen LogP contribution in [-0.4, -0.2) is 90.3 Å². The Morgan fingerprint density at radius 2 is 0.860 bits per heavy atom. The van der Waals surface area contributed by atoms with E-state index in [2.05, 4.69) is 15.3 Å². The van der Waals surface area contributed by atoms with E-state index in [0.717, 1.165) is 0 Å². The monoisotopic (exact) mass is 682 g/mol. The van der Waals surface area contributed by atoms with E-state index < -0.39 is 35.3 Å². The van der Waals surface area contributed by atoms with Crippen LogP contribution in [0.1, 0.15) is 69.3 Å². The number of hydrogen-bond acceptors (Lipinski definition) is 13. The quantitative estimate of drug-likeness (QED) is 0.115. The molecular weight excluding hydrogens is 649 g/mol. The van der Waals surface area contributed by atoms with Crippen molar-refractivity contribution in [3.8, 4) is 0 Å². The Bertz CT molecular complexity index is 1170. The van der Waals surface area contributed by atoms with E-state index in [1.807, 2.05) is 0 Å². The standard InChI is InChI=1S/C21H28BN6O6.ClHO4.Ni.3H2O/c1-7-32-19(29)16-10-13(4)26(23-16)22(27-14(5)11-17(24-27)20(30)33-8-2)28-15(6)12-18(25-28)21(31)34-9-3;2-1(3,4)5;;;;/h10-12,22H,7-9H2,1-6H3;(H,2,3,4,5);;3*1H2/q-1;;+2;;;/p-1. The molecule has 19 nitrogen and oxygen atoms in total. The fraction of sp³-hybridized carbons (Fsp3) is 0.429. The largest absolute Gasteiger partial charge is 2.00 e. The van der Waals surface area contributed by atoms with E-state index in [0.29, 0.717) is 17.1 Å². The van der Waals surface area contributed by atoms with Crippen molar-refractivity contribution in [3.63, 3.8) is 0 Å². The first-order valence-electron chi connectivity index (χ1n) is 11.7. The van der Waals surface area contributed by atoms with E-state index >= 15 is 0 Å². The Hall–Kier alpha value is -3.39. The number of rotatable bonds is 9. The predicted molar refractivity (Wildman–Crippen MR) is 133 cm³/mol. The van der Waals surface area contributed by atoms with Crippen molar-refractivity contribution >= 4 is 25.0 Å². The minimum Gasteiger partial charge on any atom is -0.461 e. The van der Waals surface area contributed by atoms with Crippen molar-refractivity contribution in [2.24, 2.45) is 0 Å². The maximum atomic E-state index is 12.3. The topological polar surface area (TPSA) is 319 Å². The van der Waals surface area contributed by atoms with Crippen molar-refractivity contribution in [2.75, 3.05) is 19.8 Å². The maximum Gasteiger partial charge on any atom is 2.00 e. The second-order valence-electron chi connectivity index (χ2n) is 7.98. The van der Waals surface area contributed by atoms with Gasteiger partial charge in [-0.3, -0.25) is 0 Å². The van der Waals surface area contributed by atoms with E-state index in [9.17, 15) is 14.4 Å². The number of halogens is 1. The molecule has 43 heavy (non-hydrogen) atoms. The zero-order valence-electron chi connectivity index (χ0n) is 24.0. The van der Waals surface area contributed by atoms with Crippen molar-refractivity contribution < 1.29 is 90.4 Å². The summed E-state index contributed by atoms with van der Waals surface area (Å²) in [6, 6.07) is 4.82. The van der Waals surface area contributed by atoms with Gasteiger partial charge in [-0.15, -0.1) is 10.2 Å². The molecule has 0 aromatic carbocycles. The van der Waals surface area contributed by atoms with E-state index in [4.69, 9.17) is 32.8 Å². The maximum absolute atomic E-state index is 12.3. The molecule has 0 aliphatic carbocycles. The molecule has 0 fully saturated rings.